The second kappa shape index (κ2) is 4.95. The van der Waals surface area contributed by atoms with E-state index in [-0.39, 0.29) is 11.2 Å². The van der Waals surface area contributed by atoms with E-state index in [1.165, 1.54) is 6.07 Å². The van der Waals surface area contributed by atoms with Crippen LogP contribution in [-0.4, -0.2) is 25.8 Å². The van der Waals surface area contributed by atoms with Crippen LogP contribution in [0.15, 0.2) is 18.2 Å². The predicted octanol–water partition coefficient (Wildman–Crippen LogP) is 2.70. The van der Waals surface area contributed by atoms with E-state index in [9.17, 15) is 4.39 Å². The van der Waals surface area contributed by atoms with Crippen molar-refractivity contribution < 1.29 is 9.13 Å². The number of ether oxygens (including phenoxy) is 1. The van der Waals surface area contributed by atoms with Crippen LogP contribution in [0.5, 0.6) is 0 Å². The number of piperidine rings is 1. The molecule has 3 nitrogen and oxygen atoms in total. The van der Waals surface area contributed by atoms with Crippen LogP contribution in [0.3, 0.4) is 0 Å². The molecule has 1 unspecified atom stereocenters. The van der Waals surface area contributed by atoms with E-state index in [1.54, 1.807) is 19.2 Å². The van der Waals surface area contributed by atoms with Crippen LogP contribution in [0.4, 0.5) is 10.1 Å². The van der Waals surface area contributed by atoms with Gasteiger partial charge in [0.2, 0.25) is 0 Å². The van der Waals surface area contributed by atoms with Crippen molar-refractivity contribution >= 4 is 5.69 Å². The van der Waals surface area contributed by atoms with Crippen LogP contribution in [0, 0.1) is 17.1 Å². The molecule has 0 amide bonds. The van der Waals surface area contributed by atoms with Crippen molar-refractivity contribution in [3.05, 3.63) is 29.6 Å². The van der Waals surface area contributed by atoms with Crippen molar-refractivity contribution in [1.29, 1.82) is 5.26 Å². The maximum atomic E-state index is 13.6. The van der Waals surface area contributed by atoms with Gasteiger partial charge < -0.3 is 9.64 Å². The third-order valence-corrected chi connectivity index (χ3v) is 3.60. The standard InChI is InChI=1S/C14H17FN2O/c1-14(18-2)7-4-8-17(10-14)13-6-3-5-12(15)11(13)9-16/h3,5-6H,4,7-8,10H2,1-2H3. The molecule has 96 valence electrons. The molecule has 1 aliphatic heterocycles. The summed E-state index contributed by atoms with van der Waals surface area (Å²) in [5.74, 6) is -0.459. The largest absolute Gasteiger partial charge is 0.377 e. The number of nitriles is 1. The predicted molar refractivity (Wildman–Crippen MR) is 68.0 cm³/mol. The molecule has 1 aliphatic rings. The molecule has 0 bridgehead atoms. The Hall–Kier alpha value is -1.60. The molecular weight excluding hydrogens is 231 g/mol. The molecule has 1 heterocycles. The number of nitrogens with zero attached hydrogens (tertiary/aromatic N) is 2. The number of methoxy groups -OCH3 is 1. The quantitative estimate of drug-likeness (QED) is 0.807. The zero-order valence-electron chi connectivity index (χ0n) is 10.7. The normalized spacial score (nSPS) is 23.8. The number of benzene rings is 1. The first-order valence-corrected chi connectivity index (χ1v) is 6.08. The Bertz CT molecular complexity index is 483. The van der Waals surface area contributed by atoms with Crippen molar-refractivity contribution in [2.24, 2.45) is 0 Å². The SMILES string of the molecule is COC1(C)CCCN(c2cccc(F)c2C#N)C1. The summed E-state index contributed by atoms with van der Waals surface area (Å²) in [4.78, 5) is 2.04. The average Bonchev–Trinajstić information content (AvgIpc) is 2.38. The summed E-state index contributed by atoms with van der Waals surface area (Å²) in [7, 11) is 1.69. The van der Waals surface area contributed by atoms with Crippen molar-refractivity contribution in [3.63, 3.8) is 0 Å². The highest BCUT2D eigenvalue weighted by Crippen LogP contribution is 2.30. The van der Waals surface area contributed by atoms with Gasteiger partial charge in [-0.1, -0.05) is 6.07 Å². The number of hydrogen-bond donors (Lipinski definition) is 0. The Kier molecular flexibility index (Phi) is 3.53. The highest BCUT2D eigenvalue weighted by atomic mass is 19.1. The summed E-state index contributed by atoms with van der Waals surface area (Å²) in [5, 5.41) is 9.07. The highest BCUT2D eigenvalue weighted by molar-refractivity contribution is 5.60. The van der Waals surface area contributed by atoms with E-state index in [1.807, 2.05) is 17.9 Å². The number of halogens is 1. The third-order valence-electron chi connectivity index (χ3n) is 3.60. The van der Waals surface area contributed by atoms with Gasteiger partial charge in [-0.25, -0.2) is 4.39 Å². The highest BCUT2D eigenvalue weighted by Gasteiger charge is 2.31. The first-order chi connectivity index (χ1) is 8.59. The van der Waals surface area contributed by atoms with Crippen LogP contribution >= 0.6 is 0 Å². The third kappa shape index (κ3) is 2.32. The first-order valence-electron chi connectivity index (χ1n) is 6.08. The van der Waals surface area contributed by atoms with Gasteiger partial charge in [0.1, 0.15) is 17.4 Å². The van der Waals surface area contributed by atoms with Gasteiger partial charge in [-0.2, -0.15) is 5.26 Å². The van der Waals surface area contributed by atoms with Crippen molar-refractivity contribution in [2.75, 3.05) is 25.1 Å². The Labute approximate surface area is 107 Å². The van der Waals surface area contributed by atoms with Crippen LogP contribution in [0.25, 0.3) is 0 Å². The Morgan fingerprint density at radius 2 is 2.28 bits per heavy atom. The van der Waals surface area contributed by atoms with Gasteiger partial charge in [0.15, 0.2) is 0 Å². The fourth-order valence-electron chi connectivity index (χ4n) is 2.46. The van der Waals surface area contributed by atoms with Crippen LogP contribution in [0.1, 0.15) is 25.3 Å². The van der Waals surface area contributed by atoms with Gasteiger partial charge >= 0.3 is 0 Å². The van der Waals surface area contributed by atoms with Gasteiger partial charge in [0.05, 0.1) is 11.3 Å². The van der Waals surface area contributed by atoms with E-state index < -0.39 is 5.82 Å². The van der Waals surface area contributed by atoms with E-state index in [0.29, 0.717) is 12.2 Å². The molecule has 1 fully saturated rings. The Balaban J connectivity index is 2.32. The summed E-state index contributed by atoms with van der Waals surface area (Å²) >= 11 is 0. The second-order valence-electron chi connectivity index (χ2n) is 4.92. The van der Waals surface area contributed by atoms with Crippen LogP contribution < -0.4 is 4.90 Å². The average molecular weight is 248 g/mol. The lowest BCUT2D eigenvalue weighted by Gasteiger charge is -2.40. The Morgan fingerprint density at radius 1 is 1.50 bits per heavy atom. The van der Waals surface area contributed by atoms with Gasteiger partial charge in [0, 0.05) is 20.2 Å². The second-order valence-corrected chi connectivity index (χ2v) is 4.92. The van der Waals surface area contributed by atoms with E-state index in [4.69, 9.17) is 10.00 Å². The molecule has 1 atom stereocenters. The molecule has 0 saturated carbocycles. The number of hydrogen-bond acceptors (Lipinski definition) is 3. The van der Waals surface area contributed by atoms with Crippen LogP contribution in [-0.2, 0) is 4.74 Å². The van der Waals surface area contributed by atoms with Crippen LogP contribution in [0.2, 0.25) is 0 Å². The fourth-order valence-corrected chi connectivity index (χ4v) is 2.46. The first kappa shape index (κ1) is 12.8. The lowest BCUT2D eigenvalue weighted by atomic mass is 9.94. The maximum Gasteiger partial charge on any atom is 0.143 e. The smallest absolute Gasteiger partial charge is 0.143 e. The monoisotopic (exact) mass is 248 g/mol. The van der Waals surface area contributed by atoms with Crippen molar-refractivity contribution in [3.8, 4) is 6.07 Å². The van der Waals surface area contributed by atoms with Crippen molar-refractivity contribution in [1.82, 2.24) is 0 Å². The van der Waals surface area contributed by atoms with Gasteiger partial charge in [-0.15, -0.1) is 0 Å². The summed E-state index contributed by atoms with van der Waals surface area (Å²) in [6.45, 7) is 3.56. The van der Waals surface area contributed by atoms with E-state index in [2.05, 4.69) is 0 Å². The minimum absolute atomic E-state index is 0.123. The van der Waals surface area contributed by atoms with Gasteiger partial charge in [-0.05, 0) is 31.9 Å². The molecule has 1 aromatic rings. The van der Waals surface area contributed by atoms with E-state index >= 15 is 0 Å². The van der Waals surface area contributed by atoms with Gasteiger partial charge in [0.25, 0.3) is 0 Å². The molecule has 2 rings (SSSR count). The lowest BCUT2D eigenvalue weighted by Crippen LogP contribution is -2.47. The topological polar surface area (TPSA) is 36.3 Å². The summed E-state index contributed by atoms with van der Waals surface area (Å²) in [6.07, 6.45) is 1.96. The molecule has 1 aromatic carbocycles. The molecule has 1 saturated heterocycles. The molecule has 4 heteroatoms. The minimum Gasteiger partial charge on any atom is -0.377 e. The molecule has 0 aromatic heterocycles. The van der Waals surface area contributed by atoms with Crippen molar-refractivity contribution in [2.45, 2.75) is 25.4 Å². The zero-order chi connectivity index (χ0) is 13.2. The fraction of sp³-hybridized carbons (Fsp3) is 0.500. The lowest BCUT2D eigenvalue weighted by molar-refractivity contribution is -0.00467. The molecule has 0 N–H and O–H groups in total. The molecule has 0 radical (unpaired) electrons. The molecular formula is C14H17FN2O. The summed E-state index contributed by atoms with van der Waals surface area (Å²) < 4.78 is 19.1. The number of rotatable bonds is 2. The molecule has 0 spiro atoms. The van der Waals surface area contributed by atoms with E-state index in [0.717, 1.165) is 19.4 Å². The molecule has 18 heavy (non-hydrogen) atoms. The summed E-state index contributed by atoms with van der Waals surface area (Å²) in [6, 6.07) is 6.71. The number of anilines is 1. The molecule has 0 aliphatic carbocycles. The maximum absolute atomic E-state index is 13.6. The zero-order valence-corrected chi connectivity index (χ0v) is 10.7. The Morgan fingerprint density at radius 3 is 2.94 bits per heavy atom. The summed E-state index contributed by atoms with van der Waals surface area (Å²) in [5.41, 5.74) is 0.565. The minimum atomic E-state index is -0.459. The van der Waals surface area contributed by atoms with Gasteiger partial charge in [-0.3, -0.25) is 0 Å².